The fraction of sp³-hybridized carbons (Fsp3) is 0.385. The number of aliphatic hydroxyl groups is 1. The highest BCUT2D eigenvalue weighted by molar-refractivity contribution is 7.12. The number of carbonyl (C=O) groups is 1. The van der Waals surface area contributed by atoms with Crippen LogP contribution in [0.4, 0.5) is 0 Å². The first-order chi connectivity index (χ1) is 9.06. The molecule has 1 amide bonds. The second-order valence-corrected chi connectivity index (χ2v) is 5.26. The molecule has 0 bridgehead atoms. The van der Waals surface area contributed by atoms with Crippen molar-refractivity contribution in [2.75, 3.05) is 20.2 Å². The summed E-state index contributed by atoms with van der Waals surface area (Å²) in [5.74, 6) is -0.0787. The van der Waals surface area contributed by atoms with Gasteiger partial charge in [0.1, 0.15) is 0 Å². The predicted molar refractivity (Wildman–Crippen MR) is 75.0 cm³/mol. The van der Waals surface area contributed by atoms with Crippen LogP contribution in [0.1, 0.15) is 21.7 Å². The maximum atomic E-state index is 12.3. The minimum Gasteiger partial charge on any atom is -0.395 e. The molecule has 0 unspecified atom stereocenters. The third-order valence-corrected chi connectivity index (χ3v) is 3.81. The molecule has 19 heavy (non-hydrogen) atoms. The van der Waals surface area contributed by atoms with Gasteiger partial charge in [-0.1, -0.05) is 0 Å². The van der Waals surface area contributed by atoms with Crippen molar-refractivity contribution in [2.24, 2.45) is 0 Å². The van der Waals surface area contributed by atoms with Crippen LogP contribution in [0.15, 0.2) is 17.6 Å². The summed E-state index contributed by atoms with van der Waals surface area (Å²) in [7, 11) is 1.69. The van der Waals surface area contributed by atoms with E-state index in [0.717, 1.165) is 16.5 Å². The quantitative estimate of drug-likeness (QED) is 0.925. The van der Waals surface area contributed by atoms with Crippen LogP contribution in [0.2, 0.25) is 0 Å². The van der Waals surface area contributed by atoms with Crippen LogP contribution in [0.5, 0.6) is 0 Å². The summed E-state index contributed by atoms with van der Waals surface area (Å²) in [4.78, 5) is 18.1. The van der Waals surface area contributed by atoms with Gasteiger partial charge in [0.25, 0.3) is 5.91 Å². The minimum atomic E-state index is -0.0787. The van der Waals surface area contributed by atoms with Crippen LogP contribution < -0.4 is 0 Å². The Balaban J connectivity index is 2.39. The van der Waals surface area contributed by atoms with Gasteiger partial charge in [-0.3, -0.25) is 9.36 Å². The molecule has 0 saturated carbocycles. The van der Waals surface area contributed by atoms with Crippen molar-refractivity contribution in [3.8, 4) is 5.13 Å². The Morgan fingerprint density at radius 2 is 2.26 bits per heavy atom. The molecule has 2 aromatic heterocycles. The standard InChI is InChI=1S/C13H17N3O2S/c1-9-8-11(12(18)15(3)5-6-17)10(2)16(9)13-14-4-7-19-13/h4,7-8,17H,5-6H2,1-3H3. The van der Waals surface area contributed by atoms with E-state index in [2.05, 4.69) is 4.98 Å². The molecule has 6 heteroatoms. The van der Waals surface area contributed by atoms with E-state index < -0.39 is 0 Å². The van der Waals surface area contributed by atoms with E-state index in [9.17, 15) is 4.79 Å². The molecule has 0 atom stereocenters. The Labute approximate surface area is 116 Å². The van der Waals surface area contributed by atoms with Crippen molar-refractivity contribution in [3.63, 3.8) is 0 Å². The maximum Gasteiger partial charge on any atom is 0.255 e. The van der Waals surface area contributed by atoms with Gasteiger partial charge < -0.3 is 10.0 Å². The van der Waals surface area contributed by atoms with Gasteiger partial charge in [-0.2, -0.15) is 0 Å². The van der Waals surface area contributed by atoms with Crippen LogP contribution >= 0.6 is 11.3 Å². The zero-order chi connectivity index (χ0) is 14.0. The van der Waals surface area contributed by atoms with E-state index in [1.807, 2.05) is 29.9 Å². The molecule has 2 heterocycles. The van der Waals surface area contributed by atoms with Gasteiger partial charge in [-0.25, -0.2) is 4.98 Å². The van der Waals surface area contributed by atoms with Crippen LogP contribution in [-0.2, 0) is 0 Å². The SMILES string of the molecule is Cc1cc(C(=O)N(C)CCO)c(C)n1-c1nccs1. The van der Waals surface area contributed by atoms with E-state index in [1.165, 1.54) is 16.2 Å². The van der Waals surface area contributed by atoms with Gasteiger partial charge in [0, 0.05) is 36.6 Å². The molecule has 1 N–H and O–H groups in total. The lowest BCUT2D eigenvalue weighted by Gasteiger charge is -2.15. The molecular formula is C13H17N3O2S. The average Bonchev–Trinajstić information content (AvgIpc) is 2.97. The third kappa shape index (κ3) is 2.54. The lowest BCUT2D eigenvalue weighted by Crippen LogP contribution is -2.29. The highest BCUT2D eigenvalue weighted by Gasteiger charge is 2.20. The Kier molecular flexibility index (Phi) is 4.01. The zero-order valence-corrected chi connectivity index (χ0v) is 12.1. The lowest BCUT2D eigenvalue weighted by atomic mass is 10.2. The summed E-state index contributed by atoms with van der Waals surface area (Å²) in [6, 6.07) is 1.87. The number of aryl methyl sites for hydroxylation is 1. The third-order valence-electron chi connectivity index (χ3n) is 3.05. The summed E-state index contributed by atoms with van der Waals surface area (Å²) in [5.41, 5.74) is 2.51. The van der Waals surface area contributed by atoms with E-state index in [1.54, 1.807) is 13.2 Å². The molecule has 0 radical (unpaired) electrons. The molecule has 0 aliphatic carbocycles. The van der Waals surface area contributed by atoms with Crippen molar-refractivity contribution < 1.29 is 9.90 Å². The van der Waals surface area contributed by atoms with E-state index in [-0.39, 0.29) is 12.5 Å². The molecule has 0 fully saturated rings. The number of hydrogen-bond acceptors (Lipinski definition) is 4. The van der Waals surface area contributed by atoms with E-state index >= 15 is 0 Å². The Hall–Kier alpha value is -1.66. The lowest BCUT2D eigenvalue weighted by molar-refractivity contribution is 0.0766. The summed E-state index contributed by atoms with van der Waals surface area (Å²) in [5, 5.41) is 11.7. The van der Waals surface area contributed by atoms with Gasteiger partial charge >= 0.3 is 0 Å². The number of nitrogens with zero attached hydrogens (tertiary/aromatic N) is 3. The topological polar surface area (TPSA) is 58.4 Å². The summed E-state index contributed by atoms with van der Waals surface area (Å²) in [6.07, 6.45) is 1.75. The van der Waals surface area contributed by atoms with Crippen molar-refractivity contribution in [1.29, 1.82) is 0 Å². The smallest absolute Gasteiger partial charge is 0.255 e. The fourth-order valence-electron chi connectivity index (χ4n) is 2.06. The first-order valence-corrected chi connectivity index (χ1v) is 6.89. The molecule has 0 aromatic carbocycles. The predicted octanol–water partition coefficient (Wildman–Crippen LogP) is 1.61. The summed E-state index contributed by atoms with van der Waals surface area (Å²) < 4.78 is 1.98. The van der Waals surface area contributed by atoms with E-state index in [4.69, 9.17) is 5.11 Å². The van der Waals surface area contributed by atoms with Crippen molar-refractivity contribution in [3.05, 3.63) is 34.6 Å². The summed E-state index contributed by atoms with van der Waals surface area (Å²) >= 11 is 1.54. The van der Waals surface area contributed by atoms with Gasteiger partial charge in [0.05, 0.1) is 12.2 Å². The zero-order valence-electron chi connectivity index (χ0n) is 11.3. The molecule has 5 nitrogen and oxygen atoms in total. The molecule has 0 saturated heterocycles. The normalized spacial score (nSPS) is 10.7. The Morgan fingerprint density at radius 1 is 1.53 bits per heavy atom. The number of amides is 1. The highest BCUT2D eigenvalue weighted by atomic mass is 32.1. The highest BCUT2D eigenvalue weighted by Crippen LogP contribution is 2.22. The van der Waals surface area contributed by atoms with Crippen molar-refractivity contribution in [1.82, 2.24) is 14.5 Å². The maximum absolute atomic E-state index is 12.3. The summed E-state index contributed by atoms with van der Waals surface area (Å²) in [6.45, 7) is 4.17. The minimum absolute atomic E-state index is 0.0343. The second kappa shape index (κ2) is 5.54. The average molecular weight is 279 g/mol. The fourth-order valence-corrected chi connectivity index (χ4v) is 2.81. The Bertz CT molecular complexity index is 575. The first kappa shape index (κ1) is 13.8. The number of aromatic nitrogens is 2. The number of thiazole rings is 1. The molecule has 0 aliphatic heterocycles. The molecule has 2 aromatic rings. The number of hydrogen-bond donors (Lipinski definition) is 1. The molecule has 102 valence electrons. The number of carbonyl (C=O) groups excluding carboxylic acids is 1. The monoisotopic (exact) mass is 279 g/mol. The first-order valence-electron chi connectivity index (χ1n) is 6.01. The van der Waals surface area contributed by atoms with Gasteiger partial charge in [0.2, 0.25) is 0 Å². The number of rotatable bonds is 4. The Morgan fingerprint density at radius 3 is 2.84 bits per heavy atom. The van der Waals surface area contributed by atoms with Crippen LogP contribution in [-0.4, -0.2) is 45.7 Å². The van der Waals surface area contributed by atoms with Gasteiger partial charge in [-0.15, -0.1) is 11.3 Å². The van der Waals surface area contributed by atoms with E-state index in [0.29, 0.717) is 12.1 Å². The molecular weight excluding hydrogens is 262 g/mol. The van der Waals surface area contributed by atoms with Gasteiger partial charge in [0.15, 0.2) is 5.13 Å². The van der Waals surface area contributed by atoms with Crippen LogP contribution in [0.3, 0.4) is 0 Å². The number of likely N-dealkylation sites (N-methyl/N-ethyl adjacent to an activating group) is 1. The van der Waals surface area contributed by atoms with Crippen LogP contribution in [0, 0.1) is 13.8 Å². The molecule has 0 aliphatic rings. The van der Waals surface area contributed by atoms with Crippen molar-refractivity contribution in [2.45, 2.75) is 13.8 Å². The second-order valence-electron chi connectivity index (χ2n) is 4.39. The van der Waals surface area contributed by atoms with Crippen molar-refractivity contribution >= 4 is 17.2 Å². The largest absolute Gasteiger partial charge is 0.395 e. The van der Waals surface area contributed by atoms with Crippen LogP contribution in [0.25, 0.3) is 5.13 Å². The van der Waals surface area contributed by atoms with Gasteiger partial charge in [-0.05, 0) is 19.9 Å². The number of aliphatic hydroxyl groups excluding tert-OH is 1. The molecule has 0 spiro atoms. The molecule has 2 rings (SSSR count).